The molecule has 4 amide bonds. The number of nitrogens with one attached hydrogen (secondary N) is 6. The number of guanidine groups is 1. The van der Waals surface area contributed by atoms with Crippen LogP contribution in [0.4, 0.5) is 43.4 Å². The molecule has 0 aliphatic carbocycles. The van der Waals surface area contributed by atoms with Crippen LogP contribution in [-0.2, 0) is 39.6 Å². The van der Waals surface area contributed by atoms with Gasteiger partial charge in [0.05, 0.1) is 11.1 Å². The number of carbonyl (C=O) groups excluding carboxylic acids is 4. The Morgan fingerprint density at radius 1 is 0.647 bits per heavy atom. The van der Waals surface area contributed by atoms with Crippen molar-refractivity contribution in [2.75, 3.05) is 29.0 Å². The van der Waals surface area contributed by atoms with Gasteiger partial charge in [-0.25, -0.2) is 4.79 Å². The molecule has 2 unspecified atom stereocenters. The highest BCUT2D eigenvalue weighted by Gasteiger charge is 2.33. The topological polar surface area (TPSA) is 190 Å². The molecule has 0 bridgehead atoms. The van der Waals surface area contributed by atoms with Gasteiger partial charge in [-0.1, -0.05) is 52.0 Å². The molecule has 366 valence electrons. The Kier molecular flexibility index (Phi) is 19.1. The SMILES string of the molecule is CC(C)CC(=O)NC(Cc1ccc(NC(=O)c2cc(NC3=NCCCN3)cc(C(F)(F)F)c2)cc1)C(=O)O.Cc1cc(C(=O)Nc2ccc(CC(C)NC(=O)CC(C)C)cc2)cc(C(F)(F)F)c1. The molecular formula is C49H57F6N7O6. The van der Waals surface area contributed by atoms with E-state index in [1.165, 1.54) is 31.2 Å². The van der Waals surface area contributed by atoms with Crippen molar-refractivity contribution in [3.8, 4) is 0 Å². The standard InChI is InChI=1S/C26H30F3N5O4.C23H27F3N2O2/c1-15(2)10-22(35)34-21(24(37)38)11-16-4-6-19(7-5-16)32-23(36)17-12-18(26(27,28)29)14-20(13-17)33-25-30-8-3-9-31-25;1-14(2)9-21(29)27-16(4)12-17-5-7-20(8-6-17)28-22(30)18-10-15(3)11-19(13-18)23(24,25)26/h4-7,12-15,21H,3,8-11H2,1-2H3,(H,32,36)(H,34,35)(H,37,38)(H2,30,31,33);5-8,10-11,13-14,16H,9,12H2,1-4H3,(H,27,29)(H,28,30). The molecule has 1 aliphatic rings. The van der Waals surface area contributed by atoms with E-state index in [0.717, 1.165) is 36.2 Å². The fraction of sp³-hybridized carbons (Fsp3) is 0.388. The zero-order valence-electron chi connectivity index (χ0n) is 38.5. The largest absolute Gasteiger partial charge is 0.480 e. The number of aliphatic imine (C=N–C) groups is 1. The molecule has 4 aromatic rings. The van der Waals surface area contributed by atoms with Crippen LogP contribution in [0.25, 0.3) is 0 Å². The Morgan fingerprint density at radius 2 is 1.13 bits per heavy atom. The number of alkyl halides is 6. The van der Waals surface area contributed by atoms with Crippen LogP contribution >= 0.6 is 0 Å². The Labute approximate surface area is 391 Å². The van der Waals surface area contributed by atoms with Crippen LogP contribution in [0.3, 0.4) is 0 Å². The third-order valence-corrected chi connectivity index (χ3v) is 9.98. The molecule has 5 rings (SSSR count). The summed E-state index contributed by atoms with van der Waals surface area (Å²) in [7, 11) is 0. The predicted molar refractivity (Wildman–Crippen MR) is 248 cm³/mol. The van der Waals surface area contributed by atoms with E-state index in [4.69, 9.17) is 0 Å². The first-order valence-electron chi connectivity index (χ1n) is 21.9. The smallest absolute Gasteiger partial charge is 0.416 e. The molecule has 7 N–H and O–H groups in total. The molecule has 0 aromatic heterocycles. The van der Waals surface area contributed by atoms with Gasteiger partial charge in [0.15, 0.2) is 5.96 Å². The second-order valence-electron chi connectivity index (χ2n) is 17.4. The fourth-order valence-corrected chi connectivity index (χ4v) is 6.85. The van der Waals surface area contributed by atoms with Crippen molar-refractivity contribution >= 4 is 52.6 Å². The molecule has 0 radical (unpaired) electrons. The van der Waals surface area contributed by atoms with Gasteiger partial charge in [-0.3, -0.25) is 24.2 Å². The molecule has 2 atom stereocenters. The highest BCUT2D eigenvalue weighted by atomic mass is 19.4. The summed E-state index contributed by atoms with van der Waals surface area (Å²) < 4.78 is 79.4. The Morgan fingerprint density at radius 3 is 1.60 bits per heavy atom. The van der Waals surface area contributed by atoms with Gasteiger partial charge in [0, 0.05) is 66.6 Å². The third kappa shape index (κ3) is 18.0. The lowest BCUT2D eigenvalue weighted by molar-refractivity contribution is -0.142. The van der Waals surface area contributed by atoms with Crippen molar-refractivity contribution in [2.45, 2.75) is 98.1 Å². The first kappa shape index (κ1) is 53.7. The van der Waals surface area contributed by atoms with Gasteiger partial charge >= 0.3 is 18.3 Å². The van der Waals surface area contributed by atoms with E-state index in [2.05, 4.69) is 36.9 Å². The van der Waals surface area contributed by atoms with Crippen molar-refractivity contribution in [1.82, 2.24) is 16.0 Å². The van der Waals surface area contributed by atoms with Crippen molar-refractivity contribution in [3.63, 3.8) is 0 Å². The number of carbonyl (C=O) groups is 5. The van der Waals surface area contributed by atoms with E-state index in [-0.39, 0.29) is 53.4 Å². The van der Waals surface area contributed by atoms with Gasteiger partial charge in [0.25, 0.3) is 11.8 Å². The monoisotopic (exact) mass is 953 g/mol. The zero-order chi connectivity index (χ0) is 50.3. The minimum Gasteiger partial charge on any atom is -0.480 e. The number of nitrogens with zero attached hydrogens (tertiary/aromatic N) is 1. The summed E-state index contributed by atoms with van der Waals surface area (Å²) >= 11 is 0. The predicted octanol–water partition coefficient (Wildman–Crippen LogP) is 9.24. The van der Waals surface area contributed by atoms with Crippen molar-refractivity contribution in [1.29, 1.82) is 0 Å². The maximum atomic E-state index is 13.5. The highest BCUT2D eigenvalue weighted by Crippen LogP contribution is 2.33. The number of amides is 4. The number of benzene rings is 4. The Balaban J connectivity index is 0.000000305. The first-order chi connectivity index (χ1) is 31.8. The second-order valence-corrected chi connectivity index (χ2v) is 17.4. The van der Waals surface area contributed by atoms with Gasteiger partial charge in [-0.2, -0.15) is 26.3 Å². The fourth-order valence-electron chi connectivity index (χ4n) is 6.85. The molecule has 0 fully saturated rings. The molecule has 0 saturated carbocycles. The van der Waals surface area contributed by atoms with E-state index in [9.17, 15) is 55.4 Å². The van der Waals surface area contributed by atoms with Crippen LogP contribution in [0.1, 0.15) is 102 Å². The second kappa shape index (κ2) is 24.2. The zero-order valence-corrected chi connectivity index (χ0v) is 38.5. The summed E-state index contributed by atoms with van der Waals surface area (Å²) in [5.41, 5.74) is 0.679. The molecule has 0 spiro atoms. The highest BCUT2D eigenvalue weighted by molar-refractivity contribution is 6.06. The molecule has 0 saturated heterocycles. The van der Waals surface area contributed by atoms with Crippen LogP contribution in [0.2, 0.25) is 0 Å². The van der Waals surface area contributed by atoms with Gasteiger partial charge in [0.1, 0.15) is 6.04 Å². The number of anilines is 3. The maximum Gasteiger partial charge on any atom is 0.416 e. The Bertz CT molecular complexity index is 2420. The lowest BCUT2D eigenvalue weighted by Crippen LogP contribution is -2.42. The molecule has 1 aliphatic heterocycles. The number of carboxylic acid groups (broad SMARTS) is 1. The molecule has 68 heavy (non-hydrogen) atoms. The van der Waals surface area contributed by atoms with Crippen LogP contribution in [0.15, 0.2) is 89.9 Å². The molecule has 13 nitrogen and oxygen atoms in total. The van der Waals surface area contributed by atoms with E-state index in [1.54, 1.807) is 24.3 Å². The molecule has 4 aromatic carbocycles. The summed E-state index contributed by atoms with van der Waals surface area (Å²) in [5.74, 6) is -2.19. The van der Waals surface area contributed by atoms with Gasteiger partial charge in [0.2, 0.25) is 11.8 Å². The number of carboxylic acids is 1. The quantitative estimate of drug-likeness (QED) is 0.0541. The van der Waals surface area contributed by atoms with Crippen molar-refractivity contribution in [2.24, 2.45) is 16.8 Å². The average Bonchev–Trinajstić information content (AvgIpc) is 3.23. The summed E-state index contributed by atoms with van der Waals surface area (Å²) in [6.07, 6.45) is -7.04. The van der Waals surface area contributed by atoms with E-state index >= 15 is 0 Å². The minimum atomic E-state index is -4.67. The molecule has 19 heteroatoms. The number of hydrogen-bond donors (Lipinski definition) is 7. The number of hydrogen-bond acceptors (Lipinski definition) is 8. The van der Waals surface area contributed by atoms with Crippen molar-refractivity contribution in [3.05, 3.63) is 124 Å². The maximum absolute atomic E-state index is 13.5. The molecule has 1 heterocycles. The third-order valence-electron chi connectivity index (χ3n) is 9.98. The lowest BCUT2D eigenvalue weighted by atomic mass is 10.0. The van der Waals surface area contributed by atoms with E-state index in [0.29, 0.717) is 60.3 Å². The summed E-state index contributed by atoms with van der Waals surface area (Å²) in [6, 6.07) is 18.3. The lowest BCUT2D eigenvalue weighted by Gasteiger charge is -2.18. The van der Waals surface area contributed by atoms with Crippen LogP contribution in [0.5, 0.6) is 0 Å². The van der Waals surface area contributed by atoms with E-state index < -0.39 is 47.3 Å². The van der Waals surface area contributed by atoms with Crippen molar-refractivity contribution < 1.29 is 55.4 Å². The minimum absolute atomic E-state index is 0.0118. The van der Waals surface area contributed by atoms with Crippen LogP contribution < -0.4 is 31.9 Å². The average molecular weight is 954 g/mol. The normalized spacial score (nSPS) is 13.5. The van der Waals surface area contributed by atoms with Gasteiger partial charge in [-0.05, 0) is 116 Å². The number of aliphatic carboxylic acids is 1. The number of aryl methyl sites for hydroxylation is 1. The van der Waals surface area contributed by atoms with E-state index in [1.807, 2.05) is 46.8 Å². The van der Waals surface area contributed by atoms with Gasteiger partial charge in [-0.15, -0.1) is 0 Å². The summed E-state index contributed by atoms with van der Waals surface area (Å²) in [4.78, 5) is 64.8. The summed E-state index contributed by atoms with van der Waals surface area (Å²) in [6.45, 7) is 12.3. The van der Waals surface area contributed by atoms with Gasteiger partial charge < -0.3 is 37.0 Å². The Hall–Kier alpha value is -6.92. The first-order valence-corrected chi connectivity index (χ1v) is 21.9. The molecular weight excluding hydrogens is 897 g/mol. The summed E-state index contributed by atoms with van der Waals surface area (Å²) in [5, 5.41) is 25.8. The number of halogens is 6. The van der Waals surface area contributed by atoms with Crippen LogP contribution in [0, 0.1) is 18.8 Å². The number of rotatable bonds is 16. The van der Waals surface area contributed by atoms with Crippen LogP contribution in [-0.4, -0.2) is 65.8 Å².